The number of nitrogens with zero attached hydrogens (tertiary/aromatic N) is 4. The van der Waals surface area contributed by atoms with E-state index in [4.69, 9.17) is 16.0 Å². The summed E-state index contributed by atoms with van der Waals surface area (Å²) in [6.07, 6.45) is 3.32. The van der Waals surface area contributed by atoms with E-state index in [9.17, 15) is 14.9 Å². The average Bonchev–Trinajstić information content (AvgIpc) is 3.56. The largest absolute Gasteiger partial charge is 0.451 e. The summed E-state index contributed by atoms with van der Waals surface area (Å²) in [5.74, 6) is -0.156. The summed E-state index contributed by atoms with van der Waals surface area (Å²) in [6.45, 7) is 2.17. The Hall–Kier alpha value is -4.50. The lowest BCUT2D eigenvalue weighted by atomic mass is 10.1. The SMILES string of the molecule is CCCCc1ccc(-n2nc3cc(Cl)c(NC(=O)c4ccc(-c5cccc([N+](=O)[O-])c5)o4)cc3n2)cc1. The molecule has 0 aliphatic carbocycles. The Bertz CT molecular complexity index is 1610. The summed E-state index contributed by atoms with van der Waals surface area (Å²) in [7, 11) is 0. The predicted octanol–water partition coefficient (Wildman–Crippen LogP) is 6.84. The zero-order valence-electron chi connectivity index (χ0n) is 19.8. The van der Waals surface area contributed by atoms with Gasteiger partial charge in [-0.2, -0.15) is 4.80 Å². The van der Waals surface area contributed by atoms with E-state index in [0.29, 0.717) is 33.1 Å². The van der Waals surface area contributed by atoms with Crippen molar-refractivity contribution in [2.45, 2.75) is 26.2 Å². The van der Waals surface area contributed by atoms with Crippen LogP contribution in [0.25, 0.3) is 28.0 Å². The summed E-state index contributed by atoms with van der Waals surface area (Å²) in [5, 5.41) is 23.1. The third kappa shape index (κ3) is 5.22. The number of anilines is 1. The van der Waals surface area contributed by atoms with E-state index in [1.165, 1.54) is 28.6 Å². The number of nitro groups is 1. The number of unbranched alkanes of at least 4 members (excludes halogenated alkanes) is 1. The highest BCUT2D eigenvalue weighted by molar-refractivity contribution is 6.34. The van der Waals surface area contributed by atoms with Crippen LogP contribution in [0.3, 0.4) is 0 Å². The summed E-state index contributed by atoms with van der Waals surface area (Å²) in [6, 6.07) is 20.5. The van der Waals surface area contributed by atoms with Crippen LogP contribution in [0.15, 0.2) is 77.2 Å². The first-order chi connectivity index (χ1) is 17.9. The van der Waals surface area contributed by atoms with Gasteiger partial charge < -0.3 is 9.73 Å². The number of carbonyl (C=O) groups is 1. The second kappa shape index (κ2) is 10.2. The maximum atomic E-state index is 12.8. The number of benzene rings is 3. The third-order valence-electron chi connectivity index (χ3n) is 5.87. The van der Waals surface area contributed by atoms with Crippen LogP contribution in [0.1, 0.15) is 35.9 Å². The van der Waals surface area contributed by atoms with Crippen molar-refractivity contribution in [3.63, 3.8) is 0 Å². The maximum Gasteiger partial charge on any atom is 0.291 e. The van der Waals surface area contributed by atoms with Crippen molar-refractivity contribution in [2.24, 2.45) is 0 Å². The lowest BCUT2D eigenvalue weighted by Gasteiger charge is -2.05. The second-order valence-electron chi connectivity index (χ2n) is 8.51. The molecule has 0 bridgehead atoms. The Morgan fingerprint density at radius 3 is 2.54 bits per heavy atom. The van der Waals surface area contributed by atoms with E-state index in [0.717, 1.165) is 24.9 Å². The number of fused-ring (bicyclic) bond motifs is 1. The van der Waals surface area contributed by atoms with Gasteiger partial charge in [0.15, 0.2) is 5.76 Å². The van der Waals surface area contributed by atoms with Crippen LogP contribution in [0.5, 0.6) is 0 Å². The van der Waals surface area contributed by atoms with Gasteiger partial charge in [-0.1, -0.05) is 49.2 Å². The van der Waals surface area contributed by atoms with E-state index in [2.05, 4.69) is 34.6 Å². The highest BCUT2D eigenvalue weighted by atomic mass is 35.5. The Morgan fingerprint density at radius 1 is 1.05 bits per heavy atom. The molecule has 0 radical (unpaired) electrons. The van der Waals surface area contributed by atoms with Crippen LogP contribution in [0, 0.1) is 10.1 Å². The van der Waals surface area contributed by atoms with Gasteiger partial charge in [-0.05, 0) is 54.8 Å². The van der Waals surface area contributed by atoms with Crippen molar-refractivity contribution in [2.75, 3.05) is 5.32 Å². The number of hydrogen-bond acceptors (Lipinski definition) is 6. The Kier molecular flexibility index (Phi) is 6.70. The topological polar surface area (TPSA) is 116 Å². The molecule has 9 nitrogen and oxygen atoms in total. The van der Waals surface area contributed by atoms with Crippen LogP contribution in [-0.2, 0) is 6.42 Å². The molecule has 5 rings (SSSR count). The number of aromatic nitrogens is 3. The van der Waals surface area contributed by atoms with Gasteiger partial charge in [0.2, 0.25) is 0 Å². The Morgan fingerprint density at radius 2 is 1.81 bits per heavy atom. The fourth-order valence-corrected chi connectivity index (χ4v) is 4.10. The van der Waals surface area contributed by atoms with Crippen molar-refractivity contribution in [3.05, 3.63) is 99.3 Å². The van der Waals surface area contributed by atoms with Crippen LogP contribution in [0.2, 0.25) is 5.02 Å². The van der Waals surface area contributed by atoms with Crippen LogP contribution in [0.4, 0.5) is 11.4 Å². The molecule has 1 amide bonds. The Labute approximate surface area is 216 Å². The molecule has 1 N–H and O–H groups in total. The molecule has 2 aromatic heterocycles. The highest BCUT2D eigenvalue weighted by Crippen LogP contribution is 2.29. The van der Waals surface area contributed by atoms with E-state index >= 15 is 0 Å². The monoisotopic (exact) mass is 515 g/mol. The van der Waals surface area contributed by atoms with Gasteiger partial charge in [0.05, 0.1) is 21.3 Å². The minimum absolute atomic E-state index is 0.0319. The molecule has 0 saturated carbocycles. The van der Waals surface area contributed by atoms with Gasteiger partial charge in [-0.3, -0.25) is 14.9 Å². The molecular formula is C27H22ClN5O4. The van der Waals surface area contributed by atoms with E-state index in [1.54, 1.807) is 30.3 Å². The van der Waals surface area contributed by atoms with Gasteiger partial charge >= 0.3 is 0 Å². The minimum atomic E-state index is -0.520. The molecule has 186 valence electrons. The number of carbonyl (C=O) groups excluding carboxylic acids is 1. The maximum absolute atomic E-state index is 12.8. The van der Waals surface area contributed by atoms with E-state index in [-0.39, 0.29) is 11.4 Å². The molecule has 0 fully saturated rings. The molecular weight excluding hydrogens is 494 g/mol. The van der Waals surface area contributed by atoms with Crippen LogP contribution < -0.4 is 5.32 Å². The molecule has 3 aromatic carbocycles. The van der Waals surface area contributed by atoms with Gasteiger partial charge in [0.1, 0.15) is 16.8 Å². The first-order valence-corrected chi connectivity index (χ1v) is 12.1. The molecule has 0 spiro atoms. The number of furan rings is 1. The van der Waals surface area contributed by atoms with Crippen molar-refractivity contribution in [3.8, 4) is 17.0 Å². The van der Waals surface area contributed by atoms with Crippen molar-refractivity contribution < 1.29 is 14.1 Å². The summed E-state index contributed by atoms with van der Waals surface area (Å²) in [4.78, 5) is 24.9. The number of hydrogen-bond donors (Lipinski definition) is 1. The highest BCUT2D eigenvalue weighted by Gasteiger charge is 2.17. The number of aryl methyl sites for hydroxylation is 1. The quantitative estimate of drug-likeness (QED) is 0.179. The number of non-ortho nitro benzene ring substituents is 1. The minimum Gasteiger partial charge on any atom is -0.451 e. The molecule has 0 saturated heterocycles. The molecule has 2 heterocycles. The molecule has 0 aliphatic rings. The summed E-state index contributed by atoms with van der Waals surface area (Å²) >= 11 is 6.42. The third-order valence-corrected chi connectivity index (χ3v) is 6.19. The lowest BCUT2D eigenvalue weighted by molar-refractivity contribution is -0.384. The zero-order chi connectivity index (χ0) is 25.9. The average molecular weight is 516 g/mol. The molecule has 10 heteroatoms. The molecule has 5 aromatic rings. The predicted molar refractivity (Wildman–Crippen MR) is 141 cm³/mol. The first-order valence-electron chi connectivity index (χ1n) is 11.7. The van der Waals surface area contributed by atoms with Gasteiger partial charge in [-0.25, -0.2) is 0 Å². The fourth-order valence-electron chi connectivity index (χ4n) is 3.90. The fraction of sp³-hybridized carbons (Fsp3) is 0.148. The van der Waals surface area contributed by atoms with Crippen LogP contribution >= 0.6 is 11.6 Å². The molecule has 0 atom stereocenters. The van der Waals surface area contributed by atoms with Crippen molar-refractivity contribution in [1.29, 1.82) is 0 Å². The van der Waals surface area contributed by atoms with E-state index in [1.807, 2.05) is 12.1 Å². The normalized spacial score (nSPS) is 11.1. The van der Waals surface area contributed by atoms with Gasteiger partial charge in [-0.15, -0.1) is 10.2 Å². The van der Waals surface area contributed by atoms with Crippen molar-refractivity contribution in [1.82, 2.24) is 15.0 Å². The number of rotatable bonds is 8. The number of nitrogens with one attached hydrogen (secondary N) is 1. The number of amides is 1. The Balaban J connectivity index is 1.35. The summed E-state index contributed by atoms with van der Waals surface area (Å²) in [5.41, 5.74) is 4.01. The van der Waals surface area contributed by atoms with E-state index < -0.39 is 10.8 Å². The standard InChI is InChI=1S/C27H22ClN5O4/c1-2-3-5-17-8-10-19(11-9-17)32-30-23-15-21(28)22(16-24(23)31-32)29-27(34)26-13-12-25(37-26)18-6-4-7-20(14-18)33(35)36/h4,6-16H,2-3,5H2,1H3,(H,29,34). The second-order valence-corrected chi connectivity index (χ2v) is 8.91. The molecule has 37 heavy (non-hydrogen) atoms. The van der Waals surface area contributed by atoms with Gasteiger partial charge in [0, 0.05) is 17.7 Å². The van der Waals surface area contributed by atoms with Crippen LogP contribution in [-0.4, -0.2) is 25.8 Å². The van der Waals surface area contributed by atoms with Gasteiger partial charge in [0.25, 0.3) is 11.6 Å². The van der Waals surface area contributed by atoms with Crippen molar-refractivity contribution >= 4 is 39.9 Å². The number of halogens is 1. The first kappa shape index (κ1) is 24.2. The number of nitro benzene ring substituents is 1. The lowest BCUT2D eigenvalue weighted by Crippen LogP contribution is -2.11. The molecule has 0 aliphatic heterocycles. The summed E-state index contributed by atoms with van der Waals surface area (Å²) < 4.78 is 5.65. The molecule has 0 unspecified atom stereocenters. The zero-order valence-corrected chi connectivity index (χ0v) is 20.6. The smallest absolute Gasteiger partial charge is 0.291 e.